The van der Waals surface area contributed by atoms with Crippen LogP contribution in [-0.4, -0.2) is 54.5 Å². The summed E-state index contributed by atoms with van der Waals surface area (Å²) in [4.78, 5) is 16.2. The molecular weight excluding hydrogens is 264 g/mol. The van der Waals surface area contributed by atoms with Gasteiger partial charge in [0.15, 0.2) is 0 Å². The normalized spacial score (nSPS) is 10.8. The molecule has 0 aliphatic carbocycles. The van der Waals surface area contributed by atoms with Crippen molar-refractivity contribution in [1.29, 1.82) is 0 Å². The van der Waals surface area contributed by atoms with E-state index in [1.54, 1.807) is 11.0 Å². The maximum atomic E-state index is 12.4. The van der Waals surface area contributed by atoms with Gasteiger partial charge in [-0.25, -0.2) is 0 Å². The van der Waals surface area contributed by atoms with Crippen LogP contribution in [0.4, 0.5) is 0 Å². The molecule has 0 unspecified atom stereocenters. The van der Waals surface area contributed by atoms with Gasteiger partial charge in [-0.15, -0.1) is 0 Å². The second-order valence-corrected chi connectivity index (χ2v) is 5.19. The fourth-order valence-electron chi connectivity index (χ4n) is 1.76. The van der Waals surface area contributed by atoms with Crippen LogP contribution < -0.4 is 0 Å². The molecule has 5 heteroatoms. The first-order valence-corrected chi connectivity index (χ1v) is 6.76. The number of likely N-dealkylation sites (N-methyl/N-ethyl adjacent to an activating group) is 1. The lowest BCUT2D eigenvalue weighted by atomic mass is 10.1. The second kappa shape index (κ2) is 7.36. The topological polar surface area (TPSA) is 43.8 Å². The highest BCUT2D eigenvalue weighted by Crippen LogP contribution is 2.23. The zero-order valence-corrected chi connectivity index (χ0v) is 12.4. The van der Waals surface area contributed by atoms with Crippen LogP contribution in [0.1, 0.15) is 23.7 Å². The number of halogens is 1. The molecule has 0 spiro atoms. The van der Waals surface area contributed by atoms with Crippen molar-refractivity contribution in [2.75, 3.05) is 33.7 Å². The van der Waals surface area contributed by atoms with E-state index in [-0.39, 0.29) is 17.2 Å². The van der Waals surface area contributed by atoms with E-state index >= 15 is 0 Å². The van der Waals surface area contributed by atoms with Gasteiger partial charge >= 0.3 is 0 Å². The van der Waals surface area contributed by atoms with E-state index in [9.17, 15) is 9.90 Å². The zero-order valence-electron chi connectivity index (χ0n) is 11.7. The van der Waals surface area contributed by atoms with Gasteiger partial charge in [-0.1, -0.05) is 18.5 Å². The smallest absolute Gasteiger partial charge is 0.257 e. The summed E-state index contributed by atoms with van der Waals surface area (Å²) in [6.45, 7) is 4.10. The third-order valence-corrected chi connectivity index (χ3v) is 3.02. The summed E-state index contributed by atoms with van der Waals surface area (Å²) in [6, 6.07) is 4.53. The molecule has 1 aromatic carbocycles. The number of hydrogen-bond acceptors (Lipinski definition) is 3. The lowest BCUT2D eigenvalue weighted by molar-refractivity contribution is 0.0742. The predicted octanol–water partition coefficient (Wildman–Crippen LogP) is 2.46. The van der Waals surface area contributed by atoms with E-state index in [1.165, 1.54) is 12.1 Å². The summed E-state index contributed by atoms with van der Waals surface area (Å²) in [5.74, 6) is -0.205. The monoisotopic (exact) mass is 284 g/mol. The minimum absolute atomic E-state index is 0.0274. The Bertz CT molecular complexity index is 435. The number of benzene rings is 1. The molecule has 106 valence electrons. The first-order chi connectivity index (χ1) is 8.95. The standard InChI is InChI=1S/C14H21ClN2O2/c1-4-7-17(9-8-16(2)3)14(19)12-10-11(15)5-6-13(12)18/h5-6,10,18H,4,7-9H2,1-3H3. The molecule has 0 fully saturated rings. The van der Waals surface area contributed by atoms with Crippen molar-refractivity contribution in [3.63, 3.8) is 0 Å². The summed E-state index contributed by atoms with van der Waals surface area (Å²) >= 11 is 5.88. The molecule has 1 N–H and O–H groups in total. The molecule has 1 rings (SSSR count). The minimum atomic E-state index is -0.177. The SMILES string of the molecule is CCCN(CCN(C)C)C(=O)c1cc(Cl)ccc1O. The molecule has 0 aliphatic rings. The maximum absolute atomic E-state index is 12.4. The van der Waals surface area contributed by atoms with Crippen molar-refractivity contribution >= 4 is 17.5 Å². The number of carbonyl (C=O) groups excluding carboxylic acids is 1. The fourth-order valence-corrected chi connectivity index (χ4v) is 1.93. The van der Waals surface area contributed by atoms with E-state index in [2.05, 4.69) is 0 Å². The van der Waals surface area contributed by atoms with Gasteiger partial charge in [0.25, 0.3) is 5.91 Å². The Balaban J connectivity index is 2.88. The molecular formula is C14H21ClN2O2. The summed E-state index contributed by atoms with van der Waals surface area (Å²) in [6.07, 6.45) is 0.875. The number of aromatic hydroxyl groups is 1. The number of rotatable bonds is 6. The minimum Gasteiger partial charge on any atom is -0.507 e. The van der Waals surface area contributed by atoms with Crippen LogP contribution in [0.5, 0.6) is 5.75 Å². The molecule has 0 saturated heterocycles. The highest BCUT2D eigenvalue weighted by atomic mass is 35.5. The third-order valence-electron chi connectivity index (χ3n) is 2.79. The molecule has 0 bridgehead atoms. The summed E-state index contributed by atoms with van der Waals surface area (Å²) < 4.78 is 0. The Hall–Kier alpha value is -1.26. The molecule has 1 aromatic rings. The average molecular weight is 285 g/mol. The Morgan fingerprint density at radius 3 is 2.53 bits per heavy atom. The van der Waals surface area contributed by atoms with Crippen LogP contribution in [0, 0.1) is 0 Å². The number of hydrogen-bond donors (Lipinski definition) is 1. The molecule has 0 atom stereocenters. The first kappa shape index (κ1) is 15.8. The molecule has 0 radical (unpaired) electrons. The van der Waals surface area contributed by atoms with E-state index < -0.39 is 0 Å². The highest BCUT2D eigenvalue weighted by molar-refractivity contribution is 6.31. The number of phenolic OH excluding ortho intramolecular Hbond substituents is 1. The fraction of sp³-hybridized carbons (Fsp3) is 0.500. The molecule has 1 amide bonds. The van der Waals surface area contributed by atoms with Crippen LogP contribution >= 0.6 is 11.6 Å². The first-order valence-electron chi connectivity index (χ1n) is 6.38. The van der Waals surface area contributed by atoms with E-state index in [0.717, 1.165) is 13.0 Å². The van der Waals surface area contributed by atoms with Crippen LogP contribution in [0.3, 0.4) is 0 Å². The summed E-state index contributed by atoms with van der Waals surface area (Å²) in [5, 5.41) is 10.2. The molecule has 4 nitrogen and oxygen atoms in total. The number of nitrogens with zero attached hydrogens (tertiary/aromatic N) is 2. The summed E-state index contributed by atoms with van der Waals surface area (Å²) in [7, 11) is 3.93. The molecule has 0 heterocycles. The quantitative estimate of drug-likeness (QED) is 0.873. The van der Waals surface area contributed by atoms with Crippen molar-refractivity contribution in [3.8, 4) is 5.75 Å². The Kier molecular flexibility index (Phi) is 6.12. The van der Waals surface area contributed by atoms with Gasteiger partial charge in [0, 0.05) is 24.7 Å². The highest BCUT2D eigenvalue weighted by Gasteiger charge is 2.18. The third kappa shape index (κ3) is 4.73. The van der Waals surface area contributed by atoms with Crippen LogP contribution in [0.25, 0.3) is 0 Å². The largest absolute Gasteiger partial charge is 0.507 e. The van der Waals surface area contributed by atoms with Gasteiger partial charge in [-0.2, -0.15) is 0 Å². The molecule has 0 aromatic heterocycles. The van der Waals surface area contributed by atoms with Crippen molar-refractivity contribution in [3.05, 3.63) is 28.8 Å². The Morgan fingerprint density at radius 2 is 1.95 bits per heavy atom. The van der Waals surface area contributed by atoms with E-state index in [1.807, 2.05) is 25.9 Å². The average Bonchev–Trinajstić information content (AvgIpc) is 2.36. The van der Waals surface area contributed by atoms with Gasteiger partial charge in [0.1, 0.15) is 5.75 Å². The van der Waals surface area contributed by atoms with Gasteiger partial charge in [-0.05, 0) is 38.7 Å². The molecule has 0 saturated carbocycles. The predicted molar refractivity (Wildman–Crippen MR) is 77.9 cm³/mol. The Morgan fingerprint density at radius 1 is 1.26 bits per heavy atom. The van der Waals surface area contributed by atoms with Crippen molar-refractivity contribution in [1.82, 2.24) is 9.80 Å². The second-order valence-electron chi connectivity index (χ2n) is 4.76. The number of carbonyl (C=O) groups is 1. The zero-order chi connectivity index (χ0) is 14.4. The molecule has 0 aliphatic heterocycles. The number of phenols is 1. The molecule has 19 heavy (non-hydrogen) atoms. The summed E-state index contributed by atoms with van der Waals surface area (Å²) in [5.41, 5.74) is 0.264. The van der Waals surface area contributed by atoms with Crippen molar-refractivity contribution in [2.24, 2.45) is 0 Å². The number of amides is 1. The van der Waals surface area contributed by atoms with Crippen LogP contribution in [0.2, 0.25) is 5.02 Å². The van der Waals surface area contributed by atoms with E-state index in [4.69, 9.17) is 11.6 Å². The van der Waals surface area contributed by atoms with Gasteiger partial charge in [0.2, 0.25) is 0 Å². The lowest BCUT2D eigenvalue weighted by Crippen LogP contribution is -2.37. The van der Waals surface area contributed by atoms with E-state index in [0.29, 0.717) is 18.1 Å². The van der Waals surface area contributed by atoms with Crippen LogP contribution in [0.15, 0.2) is 18.2 Å². The lowest BCUT2D eigenvalue weighted by Gasteiger charge is -2.24. The maximum Gasteiger partial charge on any atom is 0.257 e. The Labute approximate surface area is 119 Å². The van der Waals surface area contributed by atoms with Crippen LogP contribution in [-0.2, 0) is 0 Å². The van der Waals surface area contributed by atoms with Gasteiger partial charge < -0.3 is 14.9 Å². The van der Waals surface area contributed by atoms with Gasteiger partial charge in [-0.3, -0.25) is 4.79 Å². The van der Waals surface area contributed by atoms with Gasteiger partial charge in [0.05, 0.1) is 5.56 Å². The van der Waals surface area contributed by atoms with Crippen molar-refractivity contribution in [2.45, 2.75) is 13.3 Å². The van der Waals surface area contributed by atoms with Crippen molar-refractivity contribution < 1.29 is 9.90 Å².